The Labute approximate surface area is 241 Å². The van der Waals surface area contributed by atoms with E-state index in [1.165, 1.54) is 19.8 Å². The van der Waals surface area contributed by atoms with Crippen molar-refractivity contribution in [2.24, 2.45) is 23.3 Å². The van der Waals surface area contributed by atoms with Crippen molar-refractivity contribution in [2.45, 2.75) is 106 Å². The minimum absolute atomic E-state index is 0.142. The van der Waals surface area contributed by atoms with Gasteiger partial charge in [0, 0.05) is 6.54 Å². The third-order valence-electron chi connectivity index (χ3n) is 8.50. The lowest BCUT2D eigenvalue weighted by Gasteiger charge is -2.49. The van der Waals surface area contributed by atoms with Gasteiger partial charge in [-0.1, -0.05) is 6.92 Å². The normalized spacial score (nSPS) is 42.2. The average Bonchev–Trinajstić information content (AvgIpc) is 3.75. The number of nitrogens with two attached hydrogens (primary N) is 2. The summed E-state index contributed by atoms with van der Waals surface area (Å²) in [4.78, 5) is 12.6. The summed E-state index contributed by atoms with van der Waals surface area (Å²) in [6, 6.07) is -2.02. The molecule has 2 saturated carbocycles. The minimum Gasteiger partial charge on any atom is -0.467 e. The number of amides is 1. The molecule has 4 rings (SSSR count). The molecule has 14 heteroatoms. The number of rotatable bonds is 12. The highest BCUT2D eigenvalue weighted by Gasteiger charge is 2.51. The van der Waals surface area contributed by atoms with Crippen LogP contribution >= 0.6 is 0 Å². The molecule has 0 unspecified atom stereocenters. The van der Waals surface area contributed by atoms with Gasteiger partial charge in [0.2, 0.25) is 12.2 Å². The van der Waals surface area contributed by atoms with E-state index in [1.807, 2.05) is 13.0 Å². The molecule has 0 aromatic carbocycles. The van der Waals surface area contributed by atoms with Gasteiger partial charge in [-0.3, -0.25) is 4.79 Å². The molecule has 3 fully saturated rings. The molecule has 0 bridgehead atoms. The first-order valence-electron chi connectivity index (χ1n) is 14.6. The molecule has 1 saturated heterocycles. The summed E-state index contributed by atoms with van der Waals surface area (Å²) in [6.07, 6.45) is -2.72. The summed E-state index contributed by atoms with van der Waals surface area (Å²) in [5, 5.41) is 52.1. The van der Waals surface area contributed by atoms with Crippen molar-refractivity contribution in [1.29, 1.82) is 0 Å². The van der Waals surface area contributed by atoms with Crippen LogP contribution in [0.1, 0.15) is 39.5 Å². The van der Waals surface area contributed by atoms with E-state index in [4.69, 9.17) is 30.4 Å². The summed E-state index contributed by atoms with van der Waals surface area (Å²) in [7, 11) is 1.60. The molecule has 2 heterocycles. The van der Waals surface area contributed by atoms with E-state index in [1.54, 1.807) is 7.05 Å². The van der Waals surface area contributed by atoms with Gasteiger partial charge in [0.1, 0.15) is 35.8 Å². The standard InChI is InChI=1S/C27H49N5O9/c1-13-8-17(32-24(36)18(33)9-28)22(41-26-20(35)23(30-3)27(2,37)12-38-26)19(34)21(13)40-25-16(29)7-6-15(39-25)11-31-10-14-4-5-14/h6,13-14,16-23,25-26,30-31,33-35,37H,4-5,7-12,28-29H2,1-3H3,(H,32,36)/t13-,16+,17+,18+,19-,20+,21+,22-,23+,25+,26+,27-/m0/s1. The zero-order valence-electron chi connectivity index (χ0n) is 24.1. The Kier molecular flexibility index (Phi) is 11.0. The van der Waals surface area contributed by atoms with Gasteiger partial charge in [-0.25, -0.2) is 0 Å². The lowest BCUT2D eigenvalue weighted by Crippen LogP contribution is -2.68. The Morgan fingerprint density at radius 1 is 1.22 bits per heavy atom. The predicted octanol–water partition coefficient (Wildman–Crippen LogP) is -3.02. The van der Waals surface area contributed by atoms with Gasteiger partial charge in [-0.05, 0) is 64.1 Å². The quantitative estimate of drug-likeness (QED) is 0.111. The molecule has 236 valence electrons. The first kappa shape index (κ1) is 32.5. The third kappa shape index (κ3) is 7.95. The number of aliphatic hydroxyl groups is 4. The van der Waals surface area contributed by atoms with Crippen LogP contribution in [0.15, 0.2) is 11.8 Å². The molecule has 2 aliphatic heterocycles. The Morgan fingerprint density at radius 2 is 1.93 bits per heavy atom. The highest BCUT2D eigenvalue weighted by molar-refractivity contribution is 5.81. The molecule has 4 aliphatic rings. The highest BCUT2D eigenvalue weighted by atomic mass is 16.7. The van der Waals surface area contributed by atoms with Crippen molar-refractivity contribution >= 4 is 5.91 Å². The SMILES string of the molecule is CN[C@@H]1[C@@H](O)[C@@H](O[C@@H]2[C@@H](O)[C@H](O[C@H]3OC(CNCC4CC4)=CC[C@H]3N)[C@@H](C)C[C@H]2NC(=O)[C@H](O)CN)OC[C@]1(C)O. The number of carbonyl (C=O) groups excluding carboxylic acids is 1. The Morgan fingerprint density at radius 3 is 2.59 bits per heavy atom. The number of hydrogen-bond acceptors (Lipinski definition) is 13. The molecule has 12 atom stereocenters. The smallest absolute Gasteiger partial charge is 0.250 e. The Bertz CT molecular complexity index is 906. The van der Waals surface area contributed by atoms with Crippen LogP contribution in [0, 0.1) is 11.8 Å². The van der Waals surface area contributed by atoms with Crippen molar-refractivity contribution in [1.82, 2.24) is 16.0 Å². The van der Waals surface area contributed by atoms with Crippen LogP contribution in [0.3, 0.4) is 0 Å². The fourth-order valence-corrected chi connectivity index (χ4v) is 5.85. The second kappa shape index (κ2) is 13.9. The second-order valence-electron chi connectivity index (χ2n) is 12.2. The molecule has 0 radical (unpaired) electrons. The van der Waals surface area contributed by atoms with E-state index in [9.17, 15) is 25.2 Å². The number of aliphatic hydroxyl groups excluding tert-OH is 3. The van der Waals surface area contributed by atoms with Crippen LogP contribution in [-0.4, -0.2) is 126 Å². The number of likely N-dealkylation sites (N-methyl/N-ethyl adjacent to an activating group) is 1. The lowest BCUT2D eigenvalue weighted by molar-refractivity contribution is -0.306. The van der Waals surface area contributed by atoms with E-state index in [2.05, 4.69) is 16.0 Å². The van der Waals surface area contributed by atoms with Crippen LogP contribution in [0.5, 0.6) is 0 Å². The van der Waals surface area contributed by atoms with Gasteiger partial charge in [-0.2, -0.15) is 0 Å². The molecule has 14 nitrogen and oxygen atoms in total. The Hall–Kier alpha value is -1.43. The van der Waals surface area contributed by atoms with E-state index >= 15 is 0 Å². The second-order valence-corrected chi connectivity index (χ2v) is 12.2. The van der Waals surface area contributed by atoms with Crippen molar-refractivity contribution < 1.29 is 44.2 Å². The van der Waals surface area contributed by atoms with E-state index in [-0.39, 0.29) is 19.1 Å². The topological polar surface area (TPSA) is 223 Å². The number of nitrogens with one attached hydrogen (secondary N) is 3. The van der Waals surface area contributed by atoms with Crippen molar-refractivity contribution in [3.05, 3.63) is 11.8 Å². The predicted molar refractivity (Wildman–Crippen MR) is 147 cm³/mol. The van der Waals surface area contributed by atoms with Gasteiger partial charge in [0.05, 0.1) is 37.4 Å². The maximum absolute atomic E-state index is 12.6. The fraction of sp³-hybridized carbons (Fsp3) is 0.889. The first-order valence-corrected chi connectivity index (χ1v) is 14.6. The maximum Gasteiger partial charge on any atom is 0.250 e. The minimum atomic E-state index is -1.44. The van der Waals surface area contributed by atoms with Crippen LogP contribution in [0.2, 0.25) is 0 Å². The highest BCUT2D eigenvalue weighted by Crippen LogP contribution is 2.35. The average molecular weight is 588 g/mol. The van der Waals surface area contributed by atoms with Gasteiger partial charge < -0.3 is 66.8 Å². The molecule has 1 amide bonds. The zero-order valence-corrected chi connectivity index (χ0v) is 24.1. The lowest BCUT2D eigenvalue weighted by atomic mass is 9.79. The van der Waals surface area contributed by atoms with Crippen LogP contribution in [0.25, 0.3) is 0 Å². The number of hydrogen-bond donors (Lipinski definition) is 9. The molecular weight excluding hydrogens is 538 g/mol. The summed E-state index contributed by atoms with van der Waals surface area (Å²) in [5.74, 6) is 0.459. The van der Waals surface area contributed by atoms with Gasteiger partial charge in [-0.15, -0.1) is 0 Å². The monoisotopic (exact) mass is 587 g/mol. The molecule has 0 spiro atoms. The molecule has 41 heavy (non-hydrogen) atoms. The summed E-state index contributed by atoms with van der Waals surface area (Å²) in [6.45, 7) is 4.47. The van der Waals surface area contributed by atoms with Crippen LogP contribution in [-0.2, 0) is 23.7 Å². The Balaban J connectivity index is 1.47. The van der Waals surface area contributed by atoms with Gasteiger partial charge in [0.15, 0.2) is 6.29 Å². The maximum atomic E-state index is 12.6. The summed E-state index contributed by atoms with van der Waals surface area (Å²) >= 11 is 0. The van der Waals surface area contributed by atoms with Gasteiger partial charge in [0.25, 0.3) is 0 Å². The number of ether oxygens (including phenoxy) is 4. The largest absolute Gasteiger partial charge is 0.467 e. The van der Waals surface area contributed by atoms with Crippen LogP contribution < -0.4 is 27.4 Å². The molecule has 0 aromatic rings. The van der Waals surface area contributed by atoms with Crippen molar-refractivity contribution in [3.8, 4) is 0 Å². The van der Waals surface area contributed by atoms with E-state index in [0.717, 1.165) is 18.2 Å². The third-order valence-corrected chi connectivity index (χ3v) is 8.50. The fourth-order valence-electron chi connectivity index (χ4n) is 5.85. The summed E-state index contributed by atoms with van der Waals surface area (Å²) < 4.78 is 24.2. The van der Waals surface area contributed by atoms with Gasteiger partial charge >= 0.3 is 0 Å². The summed E-state index contributed by atoms with van der Waals surface area (Å²) in [5.41, 5.74) is 10.4. The molecule has 0 aromatic heterocycles. The molecule has 11 N–H and O–H groups in total. The van der Waals surface area contributed by atoms with Crippen molar-refractivity contribution in [3.63, 3.8) is 0 Å². The van der Waals surface area contributed by atoms with Crippen molar-refractivity contribution in [2.75, 3.05) is 33.3 Å². The molecule has 2 aliphatic carbocycles. The first-order chi connectivity index (χ1) is 19.4. The van der Waals surface area contributed by atoms with E-state index < -0.39 is 72.7 Å². The van der Waals surface area contributed by atoms with Crippen LogP contribution in [0.4, 0.5) is 0 Å². The molecular formula is C27H49N5O9. The zero-order chi connectivity index (χ0) is 29.9. The number of carbonyl (C=O) groups is 1. The van der Waals surface area contributed by atoms with E-state index in [0.29, 0.717) is 19.4 Å².